The van der Waals surface area contributed by atoms with E-state index < -0.39 is 0 Å². The molecule has 0 aliphatic heterocycles. The summed E-state index contributed by atoms with van der Waals surface area (Å²) in [6.07, 6.45) is 3.37. The van der Waals surface area contributed by atoms with Crippen LogP contribution in [0.15, 0.2) is 0 Å². The lowest BCUT2D eigenvalue weighted by molar-refractivity contribution is 0.119. The molecule has 3 heteroatoms. The minimum Gasteiger partial charge on any atom is -0.294 e. The van der Waals surface area contributed by atoms with Crippen molar-refractivity contribution in [1.29, 1.82) is 0 Å². The highest BCUT2D eigenvalue weighted by molar-refractivity contribution is 6.35. The van der Waals surface area contributed by atoms with E-state index in [4.69, 9.17) is 0 Å². The second-order valence-corrected chi connectivity index (χ2v) is 6.67. The summed E-state index contributed by atoms with van der Waals surface area (Å²) in [6, 6.07) is 2.99. The summed E-state index contributed by atoms with van der Waals surface area (Å²) in [5.74, 6) is 0. The van der Waals surface area contributed by atoms with Gasteiger partial charge in [-0.1, -0.05) is 25.4 Å². The maximum absolute atomic E-state index is 2.32. The molecular weight excluding hydrogens is 176 g/mol. The average Bonchev–Trinajstić information content (AvgIpc) is 2.02. The zero-order valence-corrected chi connectivity index (χ0v) is 11.4. The standard InChI is InChI=1S/C10H26N2Si/c1-6-13-9-7-8-10(11(2)3)12(4)5/h10H,6-9,13H2,1-5H3. The molecule has 0 rings (SSSR count). The van der Waals surface area contributed by atoms with Crippen molar-refractivity contribution in [2.24, 2.45) is 0 Å². The first-order valence-electron chi connectivity index (χ1n) is 5.42. The molecular formula is C10H26N2Si. The van der Waals surface area contributed by atoms with Gasteiger partial charge in [-0.3, -0.25) is 9.80 Å². The summed E-state index contributed by atoms with van der Waals surface area (Å²) in [5, 5.41) is 0. The minimum absolute atomic E-state index is 0.293. The van der Waals surface area contributed by atoms with Crippen LogP contribution in [-0.4, -0.2) is 53.7 Å². The second kappa shape index (κ2) is 7.53. The van der Waals surface area contributed by atoms with Gasteiger partial charge in [0.05, 0.1) is 6.17 Å². The highest BCUT2D eigenvalue weighted by atomic mass is 28.2. The van der Waals surface area contributed by atoms with Gasteiger partial charge in [-0.25, -0.2) is 0 Å². The van der Waals surface area contributed by atoms with Crippen molar-refractivity contribution in [3.63, 3.8) is 0 Å². The van der Waals surface area contributed by atoms with Crippen LogP contribution in [0.2, 0.25) is 12.1 Å². The number of hydrogen-bond acceptors (Lipinski definition) is 2. The van der Waals surface area contributed by atoms with Gasteiger partial charge in [0.1, 0.15) is 0 Å². The zero-order chi connectivity index (χ0) is 10.3. The van der Waals surface area contributed by atoms with Crippen LogP contribution < -0.4 is 0 Å². The van der Waals surface area contributed by atoms with E-state index in [0.717, 1.165) is 0 Å². The molecule has 13 heavy (non-hydrogen) atoms. The molecule has 0 amide bonds. The summed E-state index contributed by atoms with van der Waals surface area (Å²) < 4.78 is 0. The molecule has 0 unspecified atom stereocenters. The van der Waals surface area contributed by atoms with Crippen LogP contribution in [0, 0.1) is 0 Å². The molecule has 0 radical (unpaired) electrons. The molecule has 0 spiro atoms. The highest BCUT2D eigenvalue weighted by Gasteiger charge is 2.12. The van der Waals surface area contributed by atoms with Crippen LogP contribution >= 0.6 is 0 Å². The van der Waals surface area contributed by atoms with E-state index in [0.29, 0.717) is 15.7 Å². The van der Waals surface area contributed by atoms with Crippen LogP contribution in [-0.2, 0) is 0 Å². The summed E-state index contributed by atoms with van der Waals surface area (Å²) in [4.78, 5) is 4.63. The van der Waals surface area contributed by atoms with Gasteiger partial charge in [-0.05, 0) is 34.6 Å². The molecule has 80 valence electrons. The van der Waals surface area contributed by atoms with Gasteiger partial charge in [-0.15, -0.1) is 0 Å². The maximum Gasteiger partial charge on any atom is 0.0612 e. The lowest BCUT2D eigenvalue weighted by atomic mass is 10.2. The van der Waals surface area contributed by atoms with Crippen molar-refractivity contribution in [1.82, 2.24) is 9.80 Å². The third-order valence-corrected chi connectivity index (χ3v) is 4.22. The first kappa shape index (κ1) is 13.1. The number of nitrogens with zero attached hydrogens (tertiary/aromatic N) is 2. The zero-order valence-electron chi connectivity index (χ0n) is 10.0. The monoisotopic (exact) mass is 202 g/mol. The Labute approximate surface area is 86.1 Å². The Balaban J connectivity index is 3.58. The largest absolute Gasteiger partial charge is 0.294 e. The maximum atomic E-state index is 2.32. The summed E-state index contributed by atoms with van der Waals surface area (Å²) in [7, 11) is 8.97. The quantitative estimate of drug-likeness (QED) is 0.348. The van der Waals surface area contributed by atoms with Crippen LogP contribution in [0.25, 0.3) is 0 Å². The Morgan fingerprint density at radius 3 is 2.00 bits per heavy atom. The second-order valence-electron chi connectivity index (χ2n) is 4.26. The fourth-order valence-electron chi connectivity index (χ4n) is 1.73. The molecule has 0 aliphatic carbocycles. The molecule has 0 aromatic rings. The molecule has 0 bridgehead atoms. The topological polar surface area (TPSA) is 6.48 Å². The summed E-state index contributed by atoms with van der Waals surface area (Å²) in [5.41, 5.74) is 0. The molecule has 0 atom stereocenters. The van der Waals surface area contributed by atoms with Crippen molar-refractivity contribution in [2.45, 2.75) is 38.0 Å². The van der Waals surface area contributed by atoms with Gasteiger partial charge in [0.15, 0.2) is 0 Å². The number of hydrogen-bond donors (Lipinski definition) is 0. The predicted octanol–water partition coefficient (Wildman–Crippen LogP) is 1.24. The molecule has 0 saturated heterocycles. The SMILES string of the molecule is CC[SiH2]CCCC(N(C)C)N(C)C. The first-order valence-corrected chi connectivity index (χ1v) is 7.42. The fourth-order valence-corrected chi connectivity index (χ4v) is 2.87. The lowest BCUT2D eigenvalue weighted by Gasteiger charge is -2.30. The molecule has 0 N–H and O–H groups in total. The van der Waals surface area contributed by atoms with E-state index in [-0.39, 0.29) is 0 Å². The third-order valence-electron chi connectivity index (χ3n) is 2.51. The summed E-state index contributed by atoms with van der Waals surface area (Å²) in [6.45, 7) is 2.32. The molecule has 2 nitrogen and oxygen atoms in total. The number of rotatable bonds is 7. The van der Waals surface area contributed by atoms with E-state index in [2.05, 4.69) is 44.9 Å². The molecule has 0 heterocycles. The van der Waals surface area contributed by atoms with Crippen LogP contribution in [0.5, 0.6) is 0 Å². The van der Waals surface area contributed by atoms with E-state index in [1.807, 2.05) is 0 Å². The highest BCUT2D eigenvalue weighted by Crippen LogP contribution is 2.08. The van der Waals surface area contributed by atoms with E-state index >= 15 is 0 Å². The molecule has 0 aliphatic rings. The van der Waals surface area contributed by atoms with Crippen molar-refractivity contribution in [2.75, 3.05) is 28.2 Å². The Kier molecular flexibility index (Phi) is 7.61. The fraction of sp³-hybridized carbons (Fsp3) is 1.00. The van der Waals surface area contributed by atoms with Crippen LogP contribution in [0.1, 0.15) is 19.8 Å². The van der Waals surface area contributed by atoms with Gasteiger partial charge < -0.3 is 0 Å². The smallest absolute Gasteiger partial charge is 0.0612 e. The Morgan fingerprint density at radius 2 is 1.62 bits per heavy atom. The van der Waals surface area contributed by atoms with Crippen molar-refractivity contribution >= 4 is 9.52 Å². The lowest BCUT2D eigenvalue weighted by Crippen LogP contribution is -2.40. The molecule has 0 saturated carbocycles. The van der Waals surface area contributed by atoms with E-state index in [9.17, 15) is 0 Å². The van der Waals surface area contributed by atoms with Gasteiger partial charge >= 0.3 is 0 Å². The van der Waals surface area contributed by atoms with Gasteiger partial charge in [-0.2, -0.15) is 0 Å². The van der Waals surface area contributed by atoms with Gasteiger partial charge in [0.25, 0.3) is 0 Å². The molecule has 0 aromatic heterocycles. The third kappa shape index (κ3) is 6.24. The van der Waals surface area contributed by atoms with Crippen LogP contribution in [0.3, 0.4) is 0 Å². The van der Waals surface area contributed by atoms with Crippen LogP contribution in [0.4, 0.5) is 0 Å². The minimum atomic E-state index is 0.293. The Bertz CT molecular complexity index is 107. The normalized spacial score (nSPS) is 12.9. The van der Waals surface area contributed by atoms with E-state index in [1.54, 1.807) is 0 Å². The Morgan fingerprint density at radius 1 is 1.08 bits per heavy atom. The van der Waals surface area contributed by atoms with E-state index in [1.165, 1.54) is 24.9 Å². The average molecular weight is 202 g/mol. The Hall–Kier alpha value is 0.137. The van der Waals surface area contributed by atoms with Gasteiger partial charge in [0.2, 0.25) is 0 Å². The molecule has 0 fully saturated rings. The predicted molar refractivity (Wildman–Crippen MR) is 64.2 cm³/mol. The molecule has 0 aromatic carbocycles. The van der Waals surface area contributed by atoms with Crippen molar-refractivity contribution < 1.29 is 0 Å². The van der Waals surface area contributed by atoms with Gasteiger partial charge in [0, 0.05) is 9.52 Å². The first-order chi connectivity index (χ1) is 6.09. The van der Waals surface area contributed by atoms with Crippen molar-refractivity contribution in [3.8, 4) is 0 Å². The summed E-state index contributed by atoms with van der Waals surface area (Å²) >= 11 is 0. The van der Waals surface area contributed by atoms with Crippen molar-refractivity contribution in [3.05, 3.63) is 0 Å².